The van der Waals surface area contributed by atoms with Crippen molar-refractivity contribution in [3.8, 4) is 0 Å². The van der Waals surface area contributed by atoms with Crippen molar-refractivity contribution in [3.63, 3.8) is 0 Å². The zero-order valence-electron chi connectivity index (χ0n) is 22.1. The number of nitrogens with one attached hydrogen (secondary N) is 2. The number of aromatic nitrogens is 2. The predicted octanol–water partition coefficient (Wildman–Crippen LogP) is 5.99. The zero-order valence-corrected chi connectivity index (χ0v) is 22.9. The van der Waals surface area contributed by atoms with Gasteiger partial charge in [0.15, 0.2) is 0 Å². The Bertz CT molecular complexity index is 1460. The van der Waals surface area contributed by atoms with Crippen LogP contribution in [0.5, 0.6) is 0 Å². The number of hydrogen-bond acceptors (Lipinski definition) is 6. The topological polar surface area (TPSA) is 87.2 Å². The average Bonchev–Trinajstić information content (AvgIpc) is 3.74. The molecular weight excluding hydrogens is 546 g/mol. The zero-order chi connectivity index (χ0) is 28.7. The minimum atomic E-state index is -4.40. The van der Waals surface area contributed by atoms with Crippen molar-refractivity contribution in [2.24, 2.45) is 0 Å². The molecule has 2 aliphatic carbocycles. The lowest BCUT2D eigenvalue weighted by Crippen LogP contribution is -2.47. The molecule has 5 rings (SSSR count). The summed E-state index contributed by atoms with van der Waals surface area (Å²) in [5, 5.41) is 3.48. The molecule has 0 spiro atoms. The van der Waals surface area contributed by atoms with Crippen LogP contribution < -0.4 is 10.0 Å². The van der Waals surface area contributed by atoms with Crippen LogP contribution in [0.3, 0.4) is 0 Å². The Morgan fingerprint density at radius 1 is 1.00 bits per heavy atom. The number of anilines is 2. The van der Waals surface area contributed by atoms with Gasteiger partial charge in [0.25, 0.3) is 10.0 Å². The van der Waals surface area contributed by atoms with Crippen molar-refractivity contribution >= 4 is 21.5 Å². The van der Waals surface area contributed by atoms with Gasteiger partial charge in [0.05, 0.1) is 5.56 Å². The van der Waals surface area contributed by atoms with Crippen molar-refractivity contribution in [1.82, 2.24) is 14.9 Å². The summed E-state index contributed by atoms with van der Waals surface area (Å²) in [6, 6.07) is 9.40. The van der Waals surface area contributed by atoms with E-state index in [4.69, 9.17) is 0 Å². The fraction of sp³-hybridized carbons (Fsp3) is 0.429. The molecule has 0 aliphatic heterocycles. The second-order valence-corrected chi connectivity index (χ2v) is 12.4. The highest BCUT2D eigenvalue weighted by Crippen LogP contribution is 2.46. The highest BCUT2D eigenvalue weighted by molar-refractivity contribution is 7.92. The van der Waals surface area contributed by atoms with Gasteiger partial charge in [-0.2, -0.15) is 13.2 Å². The van der Waals surface area contributed by atoms with Crippen LogP contribution in [0.1, 0.15) is 60.6 Å². The fourth-order valence-electron chi connectivity index (χ4n) is 5.53. The Kier molecular flexibility index (Phi) is 7.75. The summed E-state index contributed by atoms with van der Waals surface area (Å²) in [6.45, 7) is 0. The summed E-state index contributed by atoms with van der Waals surface area (Å²) < 4.78 is 83.6. The Morgan fingerprint density at radius 2 is 1.75 bits per heavy atom. The normalized spacial score (nSPS) is 21.8. The number of nitrogens with zero attached hydrogens (tertiary/aromatic N) is 3. The molecule has 1 aromatic heterocycles. The molecule has 2 aromatic carbocycles. The van der Waals surface area contributed by atoms with Crippen molar-refractivity contribution in [2.45, 2.75) is 67.1 Å². The lowest BCUT2D eigenvalue weighted by molar-refractivity contribution is -0.137. The molecule has 2 aliphatic rings. The third-order valence-electron chi connectivity index (χ3n) is 7.74. The maximum absolute atomic E-state index is 15.3. The van der Waals surface area contributed by atoms with Gasteiger partial charge in [0.1, 0.15) is 22.9 Å². The Hall–Kier alpha value is -3.25. The summed E-state index contributed by atoms with van der Waals surface area (Å²) in [7, 11) is -0.387. The summed E-state index contributed by atoms with van der Waals surface area (Å²) >= 11 is 0. The van der Waals surface area contributed by atoms with Gasteiger partial charge in [-0.15, -0.1) is 0 Å². The van der Waals surface area contributed by atoms with Gasteiger partial charge >= 0.3 is 6.18 Å². The van der Waals surface area contributed by atoms with E-state index in [9.17, 15) is 21.6 Å². The number of alkyl halides is 3. The lowest BCUT2D eigenvalue weighted by Gasteiger charge is -2.41. The molecule has 2 saturated carbocycles. The molecular formula is C28H31F4N5O2S. The first-order chi connectivity index (χ1) is 18.9. The van der Waals surface area contributed by atoms with Crippen LogP contribution in [-0.4, -0.2) is 49.5 Å². The molecule has 7 nitrogen and oxygen atoms in total. The largest absolute Gasteiger partial charge is 0.416 e. The number of likely N-dealkylation sites (N-methyl/N-ethyl adjacent to an activating group) is 1. The monoisotopic (exact) mass is 577 g/mol. The summed E-state index contributed by atoms with van der Waals surface area (Å²) in [4.78, 5) is 9.20. The molecule has 0 bridgehead atoms. The molecule has 0 saturated heterocycles. The maximum atomic E-state index is 15.3. The van der Waals surface area contributed by atoms with E-state index in [-0.39, 0.29) is 29.7 Å². The third kappa shape index (κ3) is 6.22. The van der Waals surface area contributed by atoms with E-state index in [1.54, 1.807) is 6.07 Å². The Labute approximate surface area is 231 Å². The molecule has 0 radical (unpaired) electrons. The molecule has 2 N–H and O–H groups in total. The minimum Gasteiger partial charge on any atom is -0.380 e. The number of rotatable bonds is 8. The van der Waals surface area contributed by atoms with Gasteiger partial charge in [-0.1, -0.05) is 18.2 Å². The number of hydrogen-bond donors (Lipinski definition) is 2. The molecule has 40 heavy (non-hydrogen) atoms. The van der Waals surface area contributed by atoms with Crippen LogP contribution in [0.2, 0.25) is 0 Å². The minimum absolute atomic E-state index is 0.0359. The van der Waals surface area contributed by atoms with Crippen LogP contribution in [-0.2, 0) is 16.2 Å². The van der Waals surface area contributed by atoms with Gasteiger partial charge in [-0.05, 0) is 93.4 Å². The van der Waals surface area contributed by atoms with Crippen LogP contribution >= 0.6 is 0 Å². The first-order valence-electron chi connectivity index (χ1n) is 13.1. The first kappa shape index (κ1) is 28.3. The predicted molar refractivity (Wildman–Crippen MR) is 144 cm³/mol. The lowest BCUT2D eigenvalue weighted by atomic mass is 9.77. The Morgan fingerprint density at radius 3 is 2.40 bits per heavy atom. The molecule has 214 valence electrons. The molecule has 3 atom stereocenters. The maximum Gasteiger partial charge on any atom is 0.416 e. The van der Waals surface area contributed by atoms with Crippen molar-refractivity contribution in [3.05, 3.63) is 77.5 Å². The van der Waals surface area contributed by atoms with E-state index < -0.39 is 32.5 Å². The van der Waals surface area contributed by atoms with E-state index in [2.05, 4.69) is 20.0 Å². The highest BCUT2D eigenvalue weighted by Gasteiger charge is 2.37. The molecule has 1 heterocycles. The quantitative estimate of drug-likeness (QED) is 0.320. The first-order valence-corrected chi connectivity index (χ1v) is 14.6. The number of benzene rings is 2. The highest BCUT2D eigenvalue weighted by atomic mass is 32.2. The van der Waals surface area contributed by atoms with Gasteiger partial charge in [0.2, 0.25) is 0 Å². The summed E-state index contributed by atoms with van der Waals surface area (Å²) in [5.74, 6) is -0.772. The second-order valence-electron chi connectivity index (χ2n) is 10.8. The van der Waals surface area contributed by atoms with Crippen molar-refractivity contribution < 1.29 is 26.0 Å². The molecule has 12 heteroatoms. The SMILES string of the molecule is CN(C)[C@H]1C[C@@H](c2cccc(C(F)(F)F)c2)CC[C@@H]1Nc1cc(F)c(S(=O)(=O)Nc2ccncn2)cc1C1CC1. The van der Waals surface area contributed by atoms with E-state index in [0.29, 0.717) is 30.5 Å². The standard InChI is InChI=1S/C28H31F4N5O2S/c1-37(2)25-13-19(18-4-3-5-20(12-18)28(30,31)32)8-9-23(25)35-24-15-22(29)26(14-21(24)17-6-7-17)40(38,39)36-27-10-11-33-16-34-27/h3-5,10-12,14-17,19,23,25,35H,6-9,13H2,1-2H3,(H,33,34,36)/t19-,23-,25-/m0/s1. The van der Waals surface area contributed by atoms with Crippen LogP contribution in [0, 0.1) is 5.82 Å². The van der Waals surface area contributed by atoms with Crippen LogP contribution in [0.4, 0.5) is 29.1 Å². The molecule has 3 aromatic rings. The average molecular weight is 578 g/mol. The van der Waals surface area contributed by atoms with Gasteiger partial charge < -0.3 is 10.2 Å². The smallest absolute Gasteiger partial charge is 0.380 e. The van der Waals surface area contributed by atoms with E-state index in [1.807, 2.05) is 19.0 Å². The van der Waals surface area contributed by atoms with Gasteiger partial charge in [-0.3, -0.25) is 4.72 Å². The Balaban J connectivity index is 1.38. The van der Waals surface area contributed by atoms with Gasteiger partial charge in [-0.25, -0.2) is 22.8 Å². The van der Waals surface area contributed by atoms with Gasteiger partial charge in [0, 0.05) is 24.0 Å². The second kappa shape index (κ2) is 11.0. The molecule has 2 fully saturated rings. The summed E-state index contributed by atoms with van der Waals surface area (Å²) in [5.41, 5.74) is 1.30. The number of halogens is 4. The molecule has 0 amide bonds. The van der Waals surface area contributed by atoms with Crippen molar-refractivity contribution in [2.75, 3.05) is 24.1 Å². The third-order valence-corrected chi connectivity index (χ3v) is 9.11. The number of sulfonamides is 1. The summed E-state index contributed by atoms with van der Waals surface area (Å²) in [6.07, 6.45) is 1.87. The molecule has 0 unspecified atom stereocenters. The van der Waals surface area contributed by atoms with E-state index >= 15 is 4.39 Å². The fourth-order valence-corrected chi connectivity index (χ4v) is 6.64. The van der Waals surface area contributed by atoms with Crippen LogP contribution in [0.25, 0.3) is 0 Å². The van der Waals surface area contributed by atoms with E-state index in [1.165, 1.54) is 42.9 Å². The van der Waals surface area contributed by atoms with E-state index in [0.717, 1.165) is 24.5 Å². The van der Waals surface area contributed by atoms with Crippen LogP contribution in [0.15, 0.2) is 59.9 Å². The van der Waals surface area contributed by atoms with Crippen molar-refractivity contribution in [1.29, 1.82) is 0 Å².